The van der Waals surface area contributed by atoms with Crippen molar-refractivity contribution in [2.45, 2.75) is 0 Å². The van der Waals surface area contributed by atoms with E-state index in [2.05, 4.69) is 46.4 Å². The molecule has 0 saturated heterocycles. The van der Waals surface area contributed by atoms with Crippen LogP contribution in [-0.2, 0) is 0 Å². The van der Waals surface area contributed by atoms with Gasteiger partial charge in [-0.05, 0) is 23.3 Å². The van der Waals surface area contributed by atoms with Crippen molar-refractivity contribution in [1.29, 1.82) is 0 Å². The molecule has 0 aliphatic carbocycles. The Morgan fingerprint density at radius 2 is 1.41 bits per heavy atom. The van der Waals surface area contributed by atoms with Crippen molar-refractivity contribution in [3.05, 3.63) is 73.1 Å². The fraction of sp³-hybridized carbons (Fsp3) is 0. The predicted octanol–water partition coefficient (Wildman–Crippen LogP) is 4.77. The molecule has 0 spiro atoms. The highest BCUT2D eigenvalue weighted by Crippen LogP contribution is 2.25. The molecule has 106 valence electrons. The average Bonchev–Trinajstić information content (AvgIpc) is 2.96. The van der Waals surface area contributed by atoms with E-state index in [4.69, 9.17) is 11.8 Å². The summed E-state index contributed by atoms with van der Waals surface area (Å²) in [5, 5.41) is 0. The standard InChI is InChI=1S/C18H12ClN3/c19-22-12-20-18-17(22)11-10-16(21-18)15-8-6-14(7-9-15)13-4-2-1-3-5-13/h1-12H. The van der Waals surface area contributed by atoms with Gasteiger partial charge in [-0.25, -0.2) is 14.1 Å². The Labute approximate surface area is 133 Å². The third-order valence-electron chi connectivity index (χ3n) is 3.65. The maximum Gasteiger partial charge on any atom is 0.179 e. The molecule has 0 radical (unpaired) electrons. The highest BCUT2D eigenvalue weighted by molar-refractivity contribution is 6.18. The monoisotopic (exact) mass is 305 g/mol. The fourth-order valence-corrected chi connectivity index (χ4v) is 2.67. The maximum absolute atomic E-state index is 5.97. The van der Waals surface area contributed by atoms with Crippen LogP contribution in [-0.4, -0.2) is 14.1 Å². The van der Waals surface area contributed by atoms with E-state index in [0.29, 0.717) is 5.65 Å². The molecule has 0 fully saturated rings. The zero-order valence-electron chi connectivity index (χ0n) is 11.6. The topological polar surface area (TPSA) is 30.7 Å². The molecule has 0 atom stereocenters. The van der Waals surface area contributed by atoms with E-state index < -0.39 is 0 Å². The van der Waals surface area contributed by atoms with Crippen LogP contribution in [0.15, 0.2) is 73.1 Å². The molecule has 2 heterocycles. The summed E-state index contributed by atoms with van der Waals surface area (Å²) < 4.78 is 1.45. The highest BCUT2D eigenvalue weighted by atomic mass is 35.5. The minimum absolute atomic E-state index is 0.652. The van der Waals surface area contributed by atoms with Gasteiger partial charge in [0.1, 0.15) is 11.8 Å². The van der Waals surface area contributed by atoms with Gasteiger partial charge in [0.25, 0.3) is 0 Å². The Kier molecular flexibility index (Phi) is 3.13. The Hall–Kier alpha value is -2.65. The van der Waals surface area contributed by atoms with Crippen LogP contribution in [0, 0.1) is 0 Å². The van der Waals surface area contributed by atoms with Gasteiger partial charge in [-0.2, -0.15) is 0 Å². The molecule has 4 rings (SSSR count). The van der Waals surface area contributed by atoms with Crippen molar-refractivity contribution in [1.82, 2.24) is 14.1 Å². The number of hydrogen-bond acceptors (Lipinski definition) is 2. The number of fused-ring (bicyclic) bond motifs is 1. The molecule has 0 saturated carbocycles. The zero-order chi connectivity index (χ0) is 14.9. The lowest BCUT2D eigenvalue weighted by Gasteiger charge is -2.04. The first-order valence-electron chi connectivity index (χ1n) is 6.97. The largest absolute Gasteiger partial charge is 0.239 e. The smallest absolute Gasteiger partial charge is 0.179 e. The van der Waals surface area contributed by atoms with Gasteiger partial charge in [0.15, 0.2) is 5.65 Å². The second-order valence-corrected chi connectivity index (χ2v) is 5.40. The van der Waals surface area contributed by atoms with Crippen molar-refractivity contribution < 1.29 is 0 Å². The van der Waals surface area contributed by atoms with Gasteiger partial charge < -0.3 is 0 Å². The van der Waals surface area contributed by atoms with Crippen LogP contribution in [0.25, 0.3) is 33.5 Å². The molecule has 4 heteroatoms. The Balaban J connectivity index is 1.72. The normalized spacial score (nSPS) is 11.0. The highest BCUT2D eigenvalue weighted by Gasteiger charge is 2.06. The van der Waals surface area contributed by atoms with Crippen molar-refractivity contribution >= 4 is 22.9 Å². The molecule has 0 unspecified atom stereocenters. The summed E-state index contributed by atoms with van der Waals surface area (Å²) in [6.07, 6.45) is 1.56. The summed E-state index contributed by atoms with van der Waals surface area (Å²) in [5.74, 6) is 0. The van der Waals surface area contributed by atoms with Crippen LogP contribution in [0.2, 0.25) is 0 Å². The Morgan fingerprint density at radius 1 is 0.727 bits per heavy atom. The summed E-state index contributed by atoms with van der Waals surface area (Å²) in [6.45, 7) is 0. The number of pyridine rings is 1. The van der Waals surface area contributed by atoms with Crippen molar-refractivity contribution in [2.24, 2.45) is 0 Å². The molecule has 0 N–H and O–H groups in total. The minimum Gasteiger partial charge on any atom is -0.239 e. The summed E-state index contributed by atoms with van der Waals surface area (Å²) in [4.78, 5) is 8.74. The lowest BCUT2D eigenvalue weighted by atomic mass is 10.0. The minimum atomic E-state index is 0.652. The van der Waals surface area contributed by atoms with Crippen molar-refractivity contribution in [3.63, 3.8) is 0 Å². The van der Waals surface area contributed by atoms with Crippen LogP contribution in [0.4, 0.5) is 0 Å². The first-order valence-corrected chi connectivity index (χ1v) is 7.31. The molecule has 0 aliphatic rings. The van der Waals surface area contributed by atoms with Gasteiger partial charge in [0.2, 0.25) is 0 Å². The van der Waals surface area contributed by atoms with Gasteiger partial charge in [0.05, 0.1) is 5.69 Å². The van der Waals surface area contributed by atoms with E-state index >= 15 is 0 Å². The number of benzene rings is 2. The third kappa shape index (κ3) is 2.26. The third-order valence-corrected chi connectivity index (χ3v) is 3.92. The van der Waals surface area contributed by atoms with Gasteiger partial charge in [0, 0.05) is 17.3 Å². The van der Waals surface area contributed by atoms with Crippen molar-refractivity contribution in [2.75, 3.05) is 0 Å². The molecule has 0 amide bonds. The predicted molar refractivity (Wildman–Crippen MR) is 89.7 cm³/mol. The summed E-state index contributed by atoms with van der Waals surface area (Å²) in [7, 11) is 0. The first-order chi connectivity index (χ1) is 10.8. The van der Waals surface area contributed by atoms with Gasteiger partial charge in [-0.3, -0.25) is 0 Å². The van der Waals surface area contributed by atoms with Gasteiger partial charge in [-0.15, -0.1) is 0 Å². The van der Waals surface area contributed by atoms with E-state index in [1.165, 1.54) is 15.2 Å². The first kappa shape index (κ1) is 13.0. The average molecular weight is 306 g/mol. The SMILES string of the molecule is Cln1cnc2nc(-c3ccc(-c4ccccc4)cc3)ccc21. The fourth-order valence-electron chi connectivity index (χ4n) is 2.50. The molecule has 3 nitrogen and oxygen atoms in total. The summed E-state index contributed by atoms with van der Waals surface area (Å²) in [6, 6.07) is 22.6. The molecular weight excluding hydrogens is 294 g/mol. The molecule has 22 heavy (non-hydrogen) atoms. The number of nitrogens with zero attached hydrogens (tertiary/aromatic N) is 3. The van der Waals surface area contributed by atoms with E-state index in [1.807, 2.05) is 30.3 Å². The summed E-state index contributed by atoms with van der Waals surface area (Å²) in [5.41, 5.74) is 5.81. The molecule has 2 aromatic carbocycles. The number of imidazole rings is 1. The quantitative estimate of drug-likeness (QED) is 0.534. The van der Waals surface area contributed by atoms with E-state index in [-0.39, 0.29) is 0 Å². The number of halogens is 1. The van der Waals surface area contributed by atoms with Crippen LogP contribution in [0.1, 0.15) is 0 Å². The number of rotatable bonds is 2. The number of hydrogen-bond donors (Lipinski definition) is 0. The van der Waals surface area contributed by atoms with Crippen LogP contribution in [0.3, 0.4) is 0 Å². The Bertz CT molecular complexity index is 928. The van der Waals surface area contributed by atoms with E-state index in [0.717, 1.165) is 16.8 Å². The zero-order valence-corrected chi connectivity index (χ0v) is 12.4. The lowest BCUT2D eigenvalue weighted by Crippen LogP contribution is -1.86. The molecule has 0 bridgehead atoms. The second-order valence-electron chi connectivity index (χ2n) is 5.04. The van der Waals surface area contributed by atoms with Gasteiger partial charge >= 0.3 is 0 Å². The maximum atomic E-state index is 5.97. The second kappa shape index (κ2) is 5.28. The van der Waals surface area contributed by atoms with Gasteiger partial charge in [-0.1, -0.05) is 54.6 Å². The lowest BCUT2D eigenvalue weighted by molar-refractivity contribution is 1.24. The van der Waals surface area contributed by atoms with E-state index in [9.17, 15) is 0 Å². The van der Waals surface area contributed by atoms with Crippen LogP contribution >= 0.6 is 11.8 Å². The van der Waals surface area contributed by atoms with Crippen LogP contribution < -0.4 is 0 Å². The molecule has 0 aliphatic heterocycles. The summed E-state index contributed by atoms with van der Waals surface area (Å²) >= 11 is 5.97. The number of aromatic nitrogens is 3. The van der Waals surface area contributed by atoms with Crippen LogP contribution in [0.5, 0.6) is 0 Å². The molecular formula is C18H12ClN3. The Morgan fingerprint density at radius 3 is 2.18 bits per heavy atom. The molecule has 4 aromatic rings. The van der Waals surface area contributed by atoms with E-state index in [1.54, 1.807) is 6.33 Å². The molecule has 2 aromatic heterocycles. The van der Waals surface area contributed by atoms with Crippen molar-refractivity contribution in [3.8, 4) is 22.4 Å².